The Morgan fingerprint density at radius 3 is 2.22 bits per heavy atom. The lowest BCUT2D eigenvalue weighted by Gasteiger charge is -2.36. The number of halogens is 1. The van der Waals surface area contributed by atoms with Crippen molar-refractivity contribution >= 4 is 21.8 Å². The number of rotatable bonds is 3. The summed E-state index contributed by atoms with van der Waals surface area (Å²) in [5, 5.41) is 0. The van der Waals surface area contributed by atoms with Crippen LogP contribution in [0.25, 0.3) is 0 Å². The van der Waals surface area contributed by atoms with Crippen molar-refractivity contribution in [1.82, 2.24) is 9.80 Å². The Bertz CT molecular complexity index is 550. The van der Waals surface area contributed by atoms with Crippen molar-refractivity contribution in [3.05, 3.63) is 33.3 Å². The van der Waals surface area contributed by atoms with Crippen LogP contribution in [-0.4, -0.2) is 47.9 Å². The Morgan fingerprint density at radius 2 is 1.65 bits per heavy atom. The van der Waals surface area contributed by atoms with E-state index in [2.05, 4.69) is 51.7 Å². The molecular formula is C19H27BrN2O. The molecule has 0 N–H and O–H groups in total. The predicted octanol–water partition coefficient (Wildman–Crippen LogP) is 3.70. The fraction of sp³-hybridized carbons (Fsp3) is 0.632. The smallest absolute Gasteiger partial charge is 0.227 e. The minimum atomic E-state index is 0.290. The van der Waals surface area contributed by atoms with Crippen molar-refractivity contribution in [3.63, 3.8) is 0 Å². The average Bonchev–Trinajstić information content (AvgIpc) is 3.05. The second kappa shape index (κ2) is 7.35. The van der Waals surface area contributed by atoms with E-state index in [1.807, 2.05) is 0 Å². The molecule has 126 valence electrons. The van der Waals surface area contributed by atoms with E-state index < -0.39 is 0 Å². The molecule has 2 heterocycles. The third-order valence-electron chi connectivity index (χ3n) is 5.46. The fourth-order valence-electron chi connectivity index (χ4n) is 4.07. The third kappa shape index (κ3) is 3.97. The van der Waals surface area contributed by atoms with Gasteiger partial charge in [0.1, 0.15) is 0 Å². The molecule has 0 saturated carbocycles. The molecule has 0 radical (unpaired) electrons. The molecule has 0 unspecified atom stereocenters. The van der Waals surface area contributed by atoms with Crippen LogP contribution in [0.4, 0.5) is 0 Å². The lowest BCUT2D eigenvalue weighted by atomic mass is 9.98. The van der Waals surface area contributed by atoms with Crippen molar-refractivity contribution in [3.8, 4) is 0 Å². The molecule has 2 aliphatic heterocycles. The maximum atomic E-state index is 12.7. The summed E-state index contributed by atoms with van der Waals surface area (Å²) in [4.78, 5) is 17.4. The molecule has 0 spiro atoms. The highest BCUT2D eigenvalue weighted by Crippen LogP contribution is 2.24. The summed E-state index contributed by atoms with van der Waals surface area (Å²) in [6.07, 6.45) is 5.52. The van der Waals surface area contributed by atoms with Gasteiger partial charge in [-0.15, -0.1) is 0 Å². The topological polar surface area (TPSA) is 23.6 Å². The molecule has 0 aromatic heterocycles. The van der Waals surface area contributed by atoms with Crippen molar-refractivity contribution in [1.29, 1.82) is 0 Å². The summed E-state index contributed by atoms with van der Waals surface area (Å²) in [7, 11) is 0. The number of amides is 1. The fourth-order valence-corrected chi connectivity index (χ4v) is 4.76. The van der Waals surface area contributed by atoms with Gasteiger partial charge in [0.05, 0.1) is 6.42 Å². The summed E-state index contributed by atoms with van der Waals surface area (Å²) >= 11 is 3.53. The van der Waals surface area contributed by atoms with Crippen molar-refractivity contribution in [2.45, 2.75) is 52.0 Å². The lowest BCUT2D eigenvalue weighted by molar-refractivity contribution is -0.132. The van der Waals surface area contributed by atoms with Gasteiger partial charge in [-0.2, -0.15) is 0 Å². The summed E-state index contributed by atoms with van der Waals surface area (Å²) in [5.41, 5.74) is 3.61. The molecule has 0 atom stereocenters. The Hall–Kier alpha value is -0.870. The standard InChI is InChI=1S/C19H27BrN2O/c1-14-11-16(20)12-15(2)18(14)13-19(23)22-9-5-17(6-10-22)21-7-3-4-8-21/h11-12,17H,3-10,13H2,1-2H3. The molecule has 0 bridgehead atoms. The minimum Gasteiger partial charge on any atom is -0.342 e. The van der Waals surface area contributed by atoms with E-state index >= 15 is 0 Å². The van der Waals surface area contributed by atoms with Gasteiger partial charge in [0, 0.05) is 23.6 Å². The molecule has 1 amide bonds. The second-order valence-corrected chi connectivity index (χ2v) is 7.97. The van der Waals surface area contributed by atoms with Crippen LogP contribution in [0.5, 0.6) is 0 Å². The van der Waals surface area contributed by atoms with Crippen molar-refractivity contribution < 1.29 is 4.79 Å². The molecule has 0 aliphatic carbocycles. The number of carbonyl (C=O) groups excluding carboxylic acids is 1. The van der Waals surface area contributed by atoms with Crippen LogP contribution in [-0.2, 0) is 11.2 Å². The largest absolute Gasteiger partial charge is 0.342 e. The zero-order chi connectivity index (χ0) is 16.4. The van der Waals surface area contributed by atoms with Gasteiger partial charge in [0.25, 0.3) is 0 Å². The van der Waals surface area contributed by atoms with Crippen molar-refractivity contribution in [2.24, 2.45) is 0 Å². The molecule has 1 aromatic carbocycles. The Labute approximate surface area is 148 Å². The van der Waals surface area contributed by atoms with Gasteiger partial charge in [-0.1, -0.05) is 15.9 Å². The molecule has 2 saturated heterocycles. The van der Waals surface area contributed by atoms with Crippen LogP contribution >= 0.6 is 15.9 Å². The lowest BCUT2D eigenvalue weighted by Crippen LogP contribution is -2.46. The molecule has 2 fully saturated rings. The van der Waals surface area contributed by atoms with Crippen LogP contribution in [0.3, 0.4) is 0 Å². The third-order valence-corrected chi connectivity index (χ3v) is 5.92. The normalized spacial score (nSPS) is 20.2. The van der Waals surface area contributed by atoms with Crippen LogP contribution in [0.15, 0.2) is 16.6 Å². The van der Waals surface area contributed by atoms with E-state index in [0.29, 0.717) is 18.4 Å². The summed E-state index contributed by atoms with van der Waals surface area (Å²) in [6.45, 7) is 8.56. The highest BCUT2D eigenvalue weighted by molar-refractivity contribution is 9.10. The van der Waals surface area contributed by atoms with E-state index in [4.69, 9.17) is 0 Å². The zero-order valence-corrected chi connectivity index (χ0v) is 15.9. The summed E-state index contributed by atoms with van der Waals surface area (Å²) < 4.78 is 1.09. The van der Waals surface area contributed by atoms with E-state index in [9.17, 15) is 4.79 Å². The maximum absolute atomic E-state index is 12.7. The molecule has 2 aliphatic rings. The SMILES string of the molecule is Cc1cc(Br)cc(C)c1CC(=O)N1CCC(N2CCCC2)CC1. The number of piperidine rings is 1. The van der Waals surface area contributed by atoms with Crippen LogP contribution in [0.2, 0.25) is 0 Å². The number of carbonyl (C=O) groups is 1. The predicted molar refractivity (Wildman–Crippen MR) is 97.7 cm³/mol. The Kier molecular flexibility index (Phi) is 5.42. The van der Waals surface area contributed by atoms with Crippen LogP contribution < -0.4 is 0 Å². The maximum Gasteiger partial charge on any atom is 0.227 e. The first kappa shape index (κ1) is 17.0. The van der Waals surface area contributed by atoms with Gasteiger partial charge in [-0.05, 0) is 81.4 Å². The van der Waals surface area contributed by atoms with Crippen LogP contribution in [0, 0.1) is 13.8 Å². The Balaban J connectivity index is 1.57. The summed E-state index contributed by atoms with van der Waals surface area (Å²) in [6, 6.07) is 4.92. The van der Waals surface area contributed by atoms with Crippen LogP contribution in [0.1, 0.15) is 42.4 Å². The highest BCUT2D eigenvalue weighted by atomic mass is 79.9. The number of hydrogen-bond acceptors (Lipinski definition) is 2. The Morgan fingerprint density at radius 1 is 1.09 bits per heavy atom. The van der Waals surface area contributed by atoms with Gasteiger partial charge < -0.3 is 9.80 Å². The molecule has 23 heavy (non-hydrogen) atoms. The minimum absolute atomic E-state index is 0.290. The highest BCUT2D eigenvalue weighted by Gasteiger charge is 2.28. The quantitative estimate of drug-likeness (QED) is 0.800. The monoisotopic (exact) mass is 378 g/mol. The first-order valence-corrected chi connectivity index (χ1v) is 9.61. The van der Waals surface area contributed by atoms with Gasteiger partial charge in [0.15, 0.2) is 0 Å². The van der Waals surface area contributed by atoms with E-state index in [-0.39, 0.29) is 0 Å². The number of hydrogen-bond donors (Lipinski definition) is 0. The number of aryl methyl sites for hydroxylation is 2. The zero-order valence-electron chi connectivity index (χ0n) is 14.3. The van der Waals surface area contributed by atoms with Gasteiger partial charge >= 0.3 is 0 Å². The molecule has 4 heteroatoms. The van der Waals surface area contributed by atoms with E-state index in [1.54, 1.807) is 0 Å². The first-order chi connectivity index (χ1) is 11.0. The molecular weight excluding hydrogens is 352 g/mol. The molecule has 3 nitrogen and oxygen atoms in total. The van der Waals surface area contributed by atoms with E-state index in [1.165, 1.54) is 42.6 Å². The van der Waals surface area contributed by atoms with E-state index in [0.717, 1.165) is 30.4 Å². The molecule has 3 rings (SSSR count). The van der Waals surface area contributed by atoms with Gasteiger partial charge in [0.2, 0.25) is 5.91 Å². The molecule has 1 aromatic rings. The number of likely N-dealkylation sites (tertiary alicyclic amines) is 2. The number of nitrogens with zero attached hydrogens (tertiary/aromatic N) is 2. The first-order valence-electron chi connectivity index (χ1n) is 8.82. The summed E-state index contributed by atoms with van der Waals surface area (Å²) in [5.74, 6) is 0.290. The van der Waals surface area contributed by atoms with Crippen molar-refractivity contribution in [2.75, 3.05) is 26.2 Å². The second-order valence-electron chi connectivity index (χ2n) is 7.05. The van der Waals surface area contributed by atoms with Gasteiger partial charge in [-0.25, -0.2) is 0 Å². The number of benzene rings is 1. The average molecular weight is 379 g/mol. The van der Waals surface area contributed by atoms with Gasteiger partial charge in [-0.3, -0.25) is 4.79 Å².